The van der Waals surface area contributed by atoms with Crippen LogP contribution in [-0.4, -0.2) is 10.9 Å². The van der Waals surface area contributed by atoms with Crippen LogP contribution in [-0.2, 0) is 4.79 Å². The SMILES string of the molecule is N#C/C(=C/c1cc2ccccc2nc1Cl)C(=O)Nc1ccccc1F. The number of halogens is 2. The fourth-order valence-corrected chi connectivity index (χ4v) is 2.47. The van der Waals surface area contributed by atoms with Gasteiger partial charge in [0.15, 0.2) is 0 Å². The van der Waals surface area contributed by atoms with Crippen LogP contribution in [0.25, 0.3) is 17.0 Å². The van der Waals surface area contributed by atoms with E-state index in [-0.39, 0.29) is 16.4 Å². The predicted octanol–water partition coefficient (Wildman–Crippen LogP) is 4.57. The van der Waals surface area contributed by atoms with Crippen LogP contribution in [0.3, 0.4) is 0 Å². The summed E-state index contributed by atoms with van der Waals surface area (Å²) in [5, 5.41) is 12.6. The van der Waals surface area contributed by atoms with Crippen molar-refractivity contribution >= 4 is 40.2 Å². The van der Waals surface area contributed by atoms with Gasteiger partial charge in [0.2, 0.25) is 0 Å². The quantitative estimate of drug-likeness (QED) is 0.427. The second kappa shape index (κ2) is 7.12. The molecule has 0 saturated heterocycles. The van der Waals surface area contributed by atoms with Gasteiger partial charge in [-0.3, -0.25) is 4.79 Å². The molecule has 0 radical (unpaired) electrons. The number of fused-ring (bicyclic) bond motifs is 1. The van der Waals surface area contributed by atoms with Crippen LogP contribution < -0.4 is 5.32 Å². The summed E-state index contributed by atoms with van der Waals surface area (Å²) in [6, 6.07) is 16.6. The number of para-hydroxylation sites is 2. The number of nitrogens with one attached hydrogen (secondary N) is 1. The summed E-state index contributed by atoms with van der Waals surface area (Å²) in [5.74, 6) is -1.31. The number of carbonyl (C=O) groups is 1. The lowest BCUT2D eigenvalue weighted by molar-refractivity contribution is -0.112. The summed E-state index contributed by atoms with van der Waals surface area (Å²) in [4.78, 5) is 16.5. The first-order valence-corrected chi connectivity index (χ1v) is 7.69. The lowest BCUT2D eigenvalue weighted by Gasteiger charge is -2.06. The van der Waals surface area contributed by atoms with Crippen LogP contribution in [0.15, 0.2) is 60.2 Å². The molecule has 4 nitrogen and oxygen atoms in total. The topological polar surface area (TPSA) is 65.8 Å². The van der Waals surface area contributed by atoms with Crippen molar-refractivity contribution in [2.45, 2.75) is 0 Å². The number of nitriles is 1. The average Bonchev–Trinajstić information content (AvgIpc) is 2.61. The molecule has 1 N–H and O–H groups in total. The van der Waals surface area contributed by atoms with Crippen LogP contribution in [0.1, 0.15) is 5.56 Å². The number of anilines is 1. The van der Waals surface area contributed by atoms with Gasteiger partial charge in [0.25, 0.3) is 5.91 Å². The Labute approximate surface area is 148 Å². The molecule has 1 aromatic heterocycles. The molecule has 122 valence electrons. The number of rotatable bonds is 3. The minimum atomic E-state index is -0.725. The number of carbonyl (C=O) groups excluding carboxylic acids is 1. The zero-order chi connectivity index (χ0) is 17.8. The van der Waals surface area contributed by atoms with Gasteiger partial charge in [0.1, 0.15) is 22.6 Å². The van der Waals surface area contributed by atoms with E-state index in [0.717, 1.165) is 5.39 Å². The molecule has 0 aliphatic carbocycles. The minimum Gasteiger partial charge on any atom is -0.319 e. The van der Waals surface area contributed by atoms with E-state index in [1.165, 1.54) is 24.3 Å². The lowest BCUT2D eigenvalue weighted by atomic mass is 10.1. The third kappa shape index (κ3) is 3.65. The van der Waals surface area contributed by atoms with Crippen LogP contribution in [0, 0.1) is 17.1 Å². The van der Waals surface area contributed by atoms with Crippen molar-refractivity contribution in [1.29, 1.82) is 5.26 Å². The summed E-state index contributed by atoms with van der Waals surface area (Å²) < 4.78 is 13.6. The standard InChI is InChI=1S/C19H11ClFN3O/c20-18-13(9-12-5-1-3-7-16(12)23-18)10-14(11-22)19(25)24-17-8-4-2-6-15(17)21/h1-10H,(H,24,25)/b14-10-. The number of benzene rings is 2. The highest BCUT2D eigenvalue weighted by molar-refractivity contribution is 6.31. The Bertz CT molecular complexity index is 1040. The molecule has 0 bridgehead atoms. The second-order valence-electron chi connectivity index (χ2n) is 5.16. The molecular weight excluding hydrogens is 341 g/mol. The second-order valence-corrected chi connectivity index (χ2v) is 5.52. The Hall–Kier alpha value is -3.23. The van der Waals surface area contributed by atoms with Crippen LogP contribution in [0.4, 0.5) is 10.1 Å². The third-order valence-electron chi connectivity index (χ3n) is 3.49. The first kappa shape index (κ1) is 16.6. The average molecular weight is 352 g/mol. The number of pyridine rings is 1. The first-order valence-electron chi connectivity index (χ1n) is 7.31. The van der Waals surface area contributed by atoms with E-state index >= 15 is 0 Å². The molecular formula is C19H11ClFN3O. The molecule has 3 rings (SSSR count). The first-order chi connectivity index (χ1) is 12.1. The minimum absolute atomic E-state index is 0.00335. The van der Waals surface area contributed by atoms with E-state index in [0.29, 0.717) is 11.1 Å². The van der Waals surface area contributed by atoms with E-state index < -0.39 is 11.7 Å². The van der Waals surface area contributed by atoms with Gasteiger partial charge >= 0.3 is 0 Å². The maximum absolute atomic E-state index is 13.6. The number of hydrogen-bond donors (Lipinski definition) is 1. The largest absolute Gasteiger partial charge is 0.319 e. The predicted molar refractivity (Wildman–Crippen MR) is 95.4 cm³/mol. The molecule has 0 aliphatic rings. The molecule has 0 spiro atoms. The van der Waals surface area contributed by atoms with E-state index in [9.17, 15) is 14.4 Å². The number of amides is 1. The maximum Gasteiger partial charge on any atom is 0.266 e. The molecule has 25 heavy (non-hydrogen) atoms. The molecule has 0 atom stereocenters. The molecule has 2 aromatic carbocycles. The van der Waals surface area contributed by atoms with Crippen LogP contribution in [0.2, 0.25) is 5.15 Å². The zero-order valence-electron chi connectivity index (χ0n) is 12.8. The highest BCUT2D eigenvalue weighted by Gasteiger charge is 2.13. The normalized spacial score (nSPS) is 11.2. The third-order valence-corrected chi connectivity index (χ3v) is 3.79. The van der Waals surface area contributed by atoms with E-state index in [2.05, 4.69) is 10.3 Å². The molecule has 0 fully saturated rings. The summed E-state index contributed by atoms with van der Waals surface area (Å²) >= 11 is 6.14. The highest BCUT2D eigenvalue weighted by atomic mass is 35.5. The Balaban J connectivity index is 1.95. The molecule has 0 aliphatic heterocycles. The Morgan fingerprint density at radius 2 is 1.92 bits per heavy atom. The van der Waals surface area contributed by atoms with Crippen molar-refractivity contribution in [1.82, 2.24) is 4.98 Å². The van der Waals surface area contributed by atoms with Crippen molar-refractivity contribution in [2.24, 2.45) is 0 Å². The van der Waals surface area contributed by atoms with Gasteiger partial charge in [-0.2, -0.15) is 5.26 Å². The van der Waals surface area contributed by atoms with E-state index in [4.69, 9.17) is 11.6 Å². The summed E-state index contributed by atoms with van der Waals surface area (Å²) in [6.07, 6.45) is 1.33. The number of nitrogens with zero attached hydrogens (tertiary/aromatic N) is 2. The molecule has 0 unspecified atom stereocenters. The lowest BCUT2D eigenvalue weighted by Crippen LogP contribution is -2.14. The Kier molecular flexibility index (Phi) is 4.73. The van der Waals surface area contributed by atoms with Gasteiger partial charge in [-0.25, -0.2) is 9.37 Å². The van der Waals surface area contributed by atoms with Crippen LogP contribution >= 0.6 is 11.6 Å². The molecule has 1 heterocycles. The molecule has 3 aromatic rings. The van der Waals surface area contributed by atoms with E-state index in [1.807, 2.05) is 24.3 Å². The number of aromatic nitrogens is 1. The number of hydrogen-bond acceptors (Lipinski definition) is 3. The van der Waals surface area contributed by atoms with Gasteiger partial charge in [0.05, 0.1) is 11.2 Å². The fourth-order valence-electron chi connectivity index (χ4n) is 2.27. The summed E-state index contributed by atoms with van der Waals surface area (Å²) in [5.41, 5.74) is 0.929. The van der Waals surface area contributed by atoms with E-state index in [1.54, 1.807) is 18.2 Å². The molecule has 0 saturated carbocycles. The highest BCUT2D eigenvalue weighted by Crippen LogP contribution is 2.23. The Morgan fingerprint density at radius 3 is 2.68 bits per heavy atom. The van der Waals surface area contributed by atoms with Crippen molar-refractivity contribution in [3.63, 3.8) is 0 Å². The molecule has 1 amide bonds. The smallest absolute Gasteiger partial charge is 0.266 e. The van der Waals surface area contributed by atoms with Gasteiger partial charge in [-0.15, -0.1) is 0 Å². The Morgan fingerprint density at radius 1 is 1.20 bits per heavy atom. The fraction of sp³-hybridized carbons (Fsp3) is 0. The maximum atomic E-state index is 13.6. The summed E-state index contributed by atoms with van der Waals surface area (Å²) in [7, 11) is 0. The van der Waals surface area contributed by atoms with Crippen molar-refractivity contribution < 1.29 is 9.18 Å². The monoisotopic (exact) mass is 351 g/mol. The van der Waals surface area contributed by atoms with Gasteiger partial charge in [0, 0.05) is 10.9 Å². The molecule has 6 heteroatoms. The zero-order valence-corrected chi connectivity index (χ0v) is 13.6. The van der Waals surface area contributed by atoms with Crippen molar-refractivity contribution in [2.75, 3.05) is 5.32 Å². The van der Waals surface area contributed by atoms with Crippen molar-refractivity contribution in [3.8, 4) is 6.07 Å². The van der Waals surface area contributed by atoms with Crippen LogP contribution in [0.5, 0.6) is 0 Å². The van der Waals surface area contributed by atoms with Gasteiger partial charge in [-0.1, -0.05) is 41.9 Å². The van der Waals surface area contributed by atoms with Gasteiger partial charge < -0.3 is 5.32 Å². The van der Waals surface area contributed by atoms with Crippen molar-refractivity contribution in [3.05, 3.63) is 76.7 Å². The van der Waals surface area contributed by atoms with Gasteiger partial charge in [-0.05, 0) is 30.3 Å². The summed E-state index contributed by atoms with van der Waals surface area (Å²) in [6.45, 7) is 0.